The van der Waals surface area contributed by atoms with E-state index in [2.05, 4.69) is 9.97 Å². The summed E-state index contributed by atoms with van der Waals surface area (Å²) >= 11 is 0. The zero-order chi connectivity index (χ0) is 13.3. The fourth-order valence-corrected chi connectivity index (χ4v) is 1.54. The third-order valence-corrected chi connectivity index (χ3v) is 2.71. The van der Waals surface area contributed by atoms with Gasteiger partial charge in [-0.25, -0.2) is 14.8 Å². The SMILES string of the molecule is Cc1nc2ccc(OC(C)C(=O)O)cc2nc1C. The van der Waals surface area contributed by atoms with E-state index in [1.165, 1.54) is 6.92 Å². The molecule has 1 aromatic carbocycles. The average Bonchev–Trinajstić information content (AvgIpc) is 2.31. The molecule has 1 heterocycles. The van der Waals surface area contributed by atoms with Gasteiger partial charge in [0.05, 0.1) is 22.4 Å². The van der Waals surface area contributed by atoms with Crippen molar-refractivity contribution in [1.29, 1.82) is 0 Å². The van der Waals surface area contributed by atoms with Crippen LogP contribution in [0.1, 0.15) is 18.3 Å². The Kier molecular flexibility index (Phi) is 3.14. The van der Waals surface area contributed by atoms with Gasteiger partial charge < -0.3 is 9.84 Å². The summed E-state index contributed by atoms with van der Waals surface area (Å²) in [6.45, 7) is 5.27. The number of hydrogen-bond donors (Lipinski definition) is 1. The molecule has 5 heteroatoms. The zero-order valence-corrected chi connectivity index (χ0v) is 10.5. The second-order valence-corrected chi connectivity index (χ2v) is 4.14. The molecule has 1 N–H and O–H groups in total. The molecular formula is C13H14N2O3. The number of rotatable bonds is 3. The van der Waals surface area contributed by atoms with Gasteiger partial charge >= 0.3 is 5.97 Å². The Balaban J connectivity index is 2.38. The van der Waals surface area contributed by atoms with E-state index in [-0.39, 0.29) is 0 Å². The van der Waals surface area contributed by atoms with E-state index >= 15 is 0 Å². The molecule has 0 saturated heterocycles. The molecule has 0 aliphatic rings. The third kappa shape index (κ3) is 2.40. The van der Waals surface area contributed by atoms with Crippen LogP contribution in [0.4, 0.5) is 0 Å². The van der Waals surface area contributed by atoms with Crippen molar-refractivity contribution in [3.8, 4) is 5.75 Å². The number of fused-ring (bicyclic) bond motifs is 1. The van der Waals surface area contributed by atoms with Gasteiger partial charge in [-0.1, -0.05) is 0 Å². The molecule has 0 bridgehead atoms. The van der Waals surface area contributed by atoms with Crippen LogP contribution in [0.25, 0.3) is 11.0 Å². The van der Waals surface area contributed by atoms with Crippen LogP contribution in [-0.4, -0.2) is 27.1 Å². The quantitative estimate of drug-likeness (QED) is 0.897. The number of ether oxygens (including phenoxy) is 1. The molecule has 2 rings (SSSR count). The highest BCUT2D eigenvalue weighted by Crippen LogP contribution is 2.20. The number of hydrogen-bond acceptors (Lipinski definition) is 4. The molecule has 2 aromatic rings. The van der Waals surface area contributed by atoms with Gasteiger partial charge in [0.2, 0.25) is 0 Å². The summed E-state index contributed by atoms with van der Waals surface area (Å²) in [4.78, 5) is 19.5. The molecule has 0 aliphatic heterocycles. The van der Waals surface area contributed by atoms with Gasteiger partial charge in [-0.05, 0) is 32.9 Å². The Morgan fingerprint density at radius 2 is 1.83 bits per heavy atom. The van der Waals surface area contributed by atoms with Crippen molar-refractivity contribution in [2.75, 3.05) is 0 Å². The van der Waals surface area contributed by atoms with Gasteiger partial charge in [0.25, 0.3) is 0 Å². The van der Waals surface area contributed by atoms with E-state index in [1.807, 2.05) is 13.8 Å². The average molecular weight is 246 g/mol. The molecule has 94 valence electrons. The Hall–Kier alpha value is -2.17. The number of carbonyl (C=O) groups is 1. The second-order valence-electron chi connectivity index (χ2n) is 4.14. The molecule has 0 spiro atoms. The van der Waals surface area contributed by atoms with E-state index in [1.54, 1.807) is 18.2 Å². The largest absolute Gasteiger partial charge is 0.479 e. The number of nitrogens with zero attached hydrogens (tertiary/aromatic N) is 2. The summed E-state index contributed by atoms with van der Waals surface area (Å²) < 4.78 is 5.29. The third-order valence-electron chi connectivity index (χ3n) is 2.71. The topological polar surface area (TPSA) is 72.3 Å². The van der Waals surface area contributed by atoms with Gasteiger partial charge in [0.1, 0.15) is 5.75 Å². The van der Waals surface area contributed by atoms with Crippen molar-refractivity contribution in [2.24, 2.45) is 0 Å². The summed E-state index contributed by atoms with van der Waals surface area (Å²) in [6, 6.07) is 5.18. The van der Waals surface area contributed by atoms with E-state index < -0.39 is 12.1 Å². The Labute approximate surface area is 104 Å². The Morgan fingerprint density at radius 1 is 1.22 bits per heavy atom. The molecule has 0 saturated carbocycles. The lowest BCUT2D eigenvalue weighted by atomic mass is 10.2. The first-order valence-electron chi connectivity index (χ1n) is 5.62. The highest BCUT2D eigenvalue weighted by molar-refractivity contribution is 5.77. The molecule has 1 unspecified atom stereocenters. The molecule has 0 fully saturated rings. The maximum absolute atomic E-state index is 10.7. The molecule has 0 radical (unpaired) electrons. The Morgan fingerprint density at radius 3 is 2.44 bits per heavy atom. The van der Waals surface area contributed by atoms with Gasteiger partial charge in [-0.15, -0.1) is 0 Å². The molecule has 18 heavy (non-hydrogen) atoms. The standard InChI is InChI=1S/C13H14N2O3/c1-7-8(2)15-12-6-10(4-5-11(12)14-7)18-9(3)13(16)17/h4-6,9H,1-3H3,(H,16,17). The van der Waals surface area contributed by atoms with Crippen LogP contribution in [0.3, 0.4) is 0 Å². The van der Waals surface area contributed by atoms with Crippen molar-refractivity contribution in [3.05, 3.63) is 29.6 Å². The number of benzene rings is 1. The van der Waals surface area contributed by atoms with Crippen LogP contribution in [0.5, 0.6) is 5.75 Å². The molecule has 0 aliphatic carbocycles. The minimum absolute atomic E-state index is 0.481. The van der Waals surface area contributed by atoms with Crippen LogP contribution >= 0.6 is 0 Å². The molecule has 0 amide bonds. The summed E-state index contributed by atoms with van der Waals surface area (Å²) in [5, 5.41) is 8.78. The summed E-state index contributed by atoms with van der Waals surface area (Å²) in [5.74, 6) is -0.517. The van der Waals surface area contributed by atoms with Crippen LogP contribution in [0, 0.1) is 13.8 Å². The van der Waals surface area contributed by atoms with E-state index in [0.29, 0.717) is 11.3 Å². The summed E-state index contributed by atoms with van der Waals surface area (Å²) in [6.07, 6.45) is -0.887. The maximum atomic E-state index is 10.7. The fourth-order valence-electron chi connectivity index (χ4n) is 1.54. The minimum Gasteiger partial charge on any atom is -0.479 e. The molecule has 1 atom stereocenters. The monoisotopic (exact) mass is 246 g/mol. The molecule has 5 nitrogen and oxygen atoms in total. The van der Waals surface area contributed by atoms with Gasteiger partial charge in [0.15, 0.2) is 6.10 Å². The number of aromatic nitrogens is 2. The fraction of sp³-hybridized carbons (Fsp3) is 0.308. The van der Waals surface area contributed by atoms with Crippen molar-refractivity contribution in [2.45, 2.75) is 26.9 Å². The number of carboxylic acids is 1. The van der Waals surface area contributed by atoms with Crippen LogP contribution < -0.4 is 4.74 Å². The van der Waals surface area contributed by atoms with Crippen LogP contribution in [0.15, 0.2) is 18.2 Å². The lowest BCUT2D eigenvalue weighted by Crippen LogP contribution is -2.22. The minimum atomic E-state index is -0.999. The lowest BCUT2D eigenvalue weighted by Gasteiger charge is -2.11. The van der Waals surface area contributed by atoms with Crippen LogP contribution in [0.2, 0.25) is 0 Å². The first-order valence-corrected chi connectivity index (χ1v) is 5.62. The summed E-state index contributed by atoms with van der Waals surface area (Å²) in [5.41, 5.74) is 3.21. The predicted molar refractivity (Wildman–Crippen MR) is 66.7 cm³/mol. The lowest BCUT2D eigenvalue weighted by molar-refractivity contribution is -0.144. The van der Waals surface area contributed by atoms with Crippen molar-refractivity contribution >= 4 is 17.0 Å². The molecular weight excluding hydrogens is 232 g/mol. The number of aryl methyl sites for hydroxylation is 2. The normalized spacial score (nSPS) is 12.4. The van der Waals surface area contributed by atoms with E-state index in [9.17, 15) is 4.79 Å². The maximum Gasteiger partial charge on any atom is 0.344 e. The van der Waals surface area contributed by atoms with Crippen LogP contribution in [-0.2, 0) is 4.79 Å². The highest BCUT2D eigenvalue weighted by Gasteiger charge is 2.13. The van der Waals surface area contributed by atoms with Gasteiger partial charge in [0, 0.05) is 6.07 Å². The van der Waals surface area contributed by atoms with E-state index in [0.717, 1.165) is 16.9 Å². The van der Waals surface area contributed by atoms with Crippen molar-refractivity contribution in [3.63, 3.8) is 0 Å². The number of aliphatic carboxylic acids is 1. The summed E-state index contributed by atoms with van der Waals surface area (Å²) in [7, 11) is 0. The number of carboxylic acid groups (broad SMARTS) is 1. The first-order chi connectivity index (χ1) is 8.47. The second kappa shape index (κ2) is 4.60. The predicted octanol–water partition coefficient (Wildman–Crippen LogP) is 2.10. The van der Waals surface area contributed by atoms with Gasteiger partial charge in [-0.2, -0.15) is 0 Å². The van der Waals surface area contributed by atoms with E-state index in [4.69, 9.17) is 9.84 Å². The molecule has 1 aromatic heterocycles. The van der Waals surface area contributed by atoms with Crippen molar-refractivity contribution < 1.29 is 14.6 Å². The van der Waals surface area contributed by atoms with Gasteiger partial charge in [-0.3, -0.25) is 0 Å². The first kappa shape index (κ1) is 12.3. The Bertz CT molecular complexity index is 610. The van der Waals surface area contributed by atoms with Crippen molar-refractivity contribution in [1.82, 2.24) is 9.97 Å². The smallest absolute Gasteiger partial charge is 0.344 e. The zero-order valence-electron chi connectivity index (χ0n) is 10.5. The highest BCUT2D eigenvalue weighted by atomic mass is 16.5.